The van der Waals surface area contributed by atoms with Crippen molar-refractivity contribution in [1.82, 2.24) is 4.90 Å². The third kappa shape index (κ3) is 3.68. The zero-order valence-electron chi connectivity index (χ0n) is 13.5. The van der Waals surface area contributed by atoms with E-state index in [2.05, 4.69) is 0 Å². The van der Waals surface area contributed by atoms with Gasteiger partial charge in [-0.15, -0.1) is 0 Å². The van der Waals surface area contributed by atoms with E-state index in [1.165, 1.54) is 29.2 Å². The highest BCUT2D eigenvalue weighted by Crippen LogP contribution is 2.24. The van der Waals surface area contributed by atoms with Gasteiger partial charge in [-0.05, 0) is 48.2 Å². The Bertz CT molecular complexity index is 798. The number of carbonyl (C=O) groups is 2. The van der Waals surface area contributed by atoms with E-state index in [-0.39, 0.29) is 23.2 Å². The first-order valence-electron chi connectivity index (χ1n) is 8.10. The van der Waals surface area contributed by atoms with E-state index in [0.29, 0.717) is 37.1 Å². The van der Waals surface area contributed by atoms with Gasteiger partial charge in [0.1, 0.15) is 11.6 Å². The Balaban J connectivity index is 1.76. The Morgan fingerprint density at radius 1 is 0.960 bits per heavy atom. The topological polar surface area (TPSA) is 63.4 Å². The van der Waals surface area contributed by atoms with Crippen molar-refractivity contribution in [1.29, 1.82) is 0 Å². The fourth-order valence-electron chi connectivity index (χ4n) is 3.05. The molecule has 6 heteroatoms. The molecule has 0 spiro atoms. The molecule has 130 valence electrons. The highest BCUT2D eigenvalue weighted by molar-refractivity contribution is 5.95. The average molecular weight is 344 g/mol. The van der Waals surface area contributed by atoms with Crippen molar-refractivity contribution in [2.45, 2.75) is 12.8 Å². The van der Waals surface area contributed by atoms with Gasteiger partial charge in [-0.2, -0.15) is 0 Å². The number of nitrogens with zero attached hydrogens (tertiary/aromatic N) is 1. The Labute approximate surface area is 144 Å². The first-order valence-corrected chi connectivity index (χ1v) is 8.10. The Kier molecular flexibility index (Phi) is 4.79. The molecule has 1 heterocycles. The Morgan fingerprint density at radius 3 is 2.12 bits per heavy atom. The van der Waals surface area contributed by atoms with Crippen LogP contribution >= 0.6 is 0 Å². The van der Waals surface area contributed by atoms with Crippen LogP contribution in [-0.4, -0.2) is 29.8 Å². The largest absolute Gasteiger partial charge is 0.369 e. The first kappa shape index (κ1) is 17.1. The van der Waals surface area contributed by atoms with Crippen molar-refractivity contribution in [3.8, 4) is 11.1 Å². The smallest absolute Gasteiger partial charge is 0.256 e. The molecule has 1 fully saturated rings. The molecule has 0 aliphatic carbocycles. The SMILES string of the molecule is NC(=O)C1CCN(C(=O)c2ccc(-c3ccc(F)cc3)cc2F)CC1. The number of halogens is 2. The lowest BCUT2D eigenvalue weighted by atomic mass is 9.95. The van der Waals surface area contributed by atoms with Crippen LogP contribution in [0, 0.1) is 17.6 Å². The van der Waals surface area contributed by atoms with Crippen LogP contribution in [0.4, 0.5) is 8.78 Å². The standard InChI is InChI=1S/C19H18F2N2O2/c20-15-4-1-12(2-5-15)14-3-6-16(17(21)11-14)19(25)23-9-7-13(8-10-23)18(22)24/h1-6,11,13H,7-10H2,(H2,22,24). The molecule has 1 saturated heterocycles. The number of carbonyl (C=O) groups excluding carboxylic acids is 2. The lowest BCUT2D eigenvalue weighted by Crippen LogP contribution is -2.42. The number of hydrogen-bond acceptors (Lipinski definition) is 2. The van der Waals surface area contributed by atoms with Gasteiger partial charge in [-0.25, -0.2) is 8.78 Å². The molecule has 2 N–H and O–H groups in total. The predicted molar refractivity (Wildman–Crippen MR) is 89.6 cm³/mol. The van der Waals surface area contributed by atoms with Gasteiger partial charge in [0.15, 0.2) is 0 Å². The van der Waals surface area contributed by atoms with Crippen LogP contribution in [0.1, 0.15) is 23.2 Å². The number of amides is 2. The summed E-state index contributed by atoms with van der Waals surface area (Å²) in [6.45, 7) is 0.761. The molecule has 4 nitrogen and oxygen atoms in total. The van der Waals surface area contributed by atoms with E-state index in [0.717, 1.165) is 0 Å². The lowest BCUT2D eigenvalue weighted by molar-refractivity contribution is -0.123. The highest BCUT2D eigenvalue weighted by atomic mass is 19.1. The zero-order valence-corrected chi connectivity index (χ0v) is 13.5. The number of nitrogens with two attached hydrogens (primary N) is 1. The normalized spacial score (nSPS) is 15.2. The fraction of sp³-hybridized carbons (Fsp3) is 0.263. The fourth-order valence-corrected chi connectivity index (χ4v) is 3.05. The number of primary amides is 1. The van der Waals surface area contributed by atoms with Gasteiger partial charge >= 0.3 is 0 Å². The summed E-state index contributed by atoms with van der Waals surface area (Å²) in [7, 11) is 0. The van der Waals surface area contributed by atoms with Crippen molar-refractivity contribution in [3.63, 3.8) is 0 Å². The summed E-state index contributed by atoms with van der Waals surface area (Å²) in [4.78, 5) is 25.2. The minimum atomic E-state index is -0.621. The van der Waals surface area contributed by atoms with Gasteiger partial charge in [0.25, 0.3) is 5.91 Å². The molecule has 25 heavy (non-hydrogen) atoms. The second-order valence-electron chi connectivity index (χ2n) is 6.17. The molecule has 0 unspecified atom stereocenters. The molecule has 0 saturated carbocycles. The van der Waals surface area contributed by atoms with Crippen molar-refractivity contribution in [2.75, 3.05) is 13.1 Å². The predicted octanol–water partition coefficient (Wildman–Crippen LogP) is 2.97. The Morgan fingerprint density at radius 2 is 1.56 bits per heavy atom. The van der Waals surface area contributed by atoms with Gasteiger partial charge in [-0.1, -0.05) is 18.2 Å². The van der Waals surface area contributed by atoms with Crippen molar-refractivity contribution < 1.29 is 18.4 Å². The summed E-state index contributed by atoms with van der Waals surface area (Å²) in [6.07, 6.45) is 0.993. The average Bonchev–Trinajstić information content (AvgIpc) is 2.62. The van der Waals surface area contributed by atoms with E-state index in [4.69, 9.17) is 5.73 Å². The van der Waals surface area contributed by atoms with Crippen LogP contribution in [0.15, 0.2) is 42.5 Å². The third-order valence-corrected chi connectivity index (χ3v) is 4.56. The molecule has 2 aromatic rings. The van der Waals surface area contributed by atoms with Crippen molar-refractivity contribution in [2.24, 2.45) is 11.7 Å². The molecule has 0 bridgehead atoms. The number of piperidine rings is 1. The Hall–Kier alpha value is -2.76. The first-order chi connectivity index (χ1) is 12.0. The molecule has 2 amide bonds. The summed E-state index contributed by atoms with van der Waals surface area (Å²) in [5, 5.41) is 0. The molecule has 1 aliphatic rings. The summed E-state index contributed by atoms with van der Waals surface area (Å²) in [5.74, 6) is -1.97. The number of benzene rings is 2. The molecule has 2 aromatic carbocycles. The second-order valence-corrected chi connectivity index (χ2v) is 6.17. The maximum Gasteiger partial charge on any atom is 0.256 e. The summed E-state index contributed by atoms with van der Waals surface area (Å²) in [6, 6.07) is 10.1. The summed E-state index contributed by atoms with van der Waals surface area (Å²) >= 11 is 0. The second kappa shape index (κ2) is 7.01. The van der Waals surface area contributed by atoms with Gasteiger partial charge in [-0.3, -0.25) is 9.59 Å². The van der Waals surface area contributed by atoms with Crippen LogP contribution < -0.4 is 5.73 Å². The zero-order chi connectivity index (χ0) is 18.0. The van der Waals surface area contributed by atoms with Gasteiger partial charge in [0.2, 0.25) is 5.91 Å². The van der Waals surface area contributed by atoms with Crippen LogP contribution in [0.2, 0.25) is 0 Å². The minimum absolute atomic E-state index is 0.0108. The van der Waals surface area contributed by atoms with E-state index < -0.39 is 11.7 Å². The summed E-state index contributed by atoms with van der Waals surface area (Å²) < 4.78 is 27.4. The number of rotatable bonds is 3. The molecular weight excluding hydrogens is 326 g/mol. The maximum atomic E-state index is 14.4. The van der Waals surface area contributed by atoms with Crippen molar-refractivity contribution in [3.05, 3.63) is 59.7 Å². The quantitative estimate of drug-likeness (QED) is 0.930. The molecule has 0 atom stereocenters. The van der Waals surface area contributed by atoms with E-state index >= 15 is 0 Å². The minimum Gasteiger partial charge on any atom is -0.369 e. The monoisotopic (exact) mass is 344 g/mol. The van der Waals surface area contributed by atoms with E-state index in [1.54, 1.807) is 18.2 Å². The van der Waals surface area contributed by atoms with Gasteiger partial charge in [0, 0.05) is 19.0 Å². The van der Waals surface area contributed by atoms with Crippen LogP contribution in [0.3, 0.4) is 0 Å². The molecule has 0 aromatic heterocycles. The third-order valence-electron chi connectivity index (χ3n) is 4.56. The molecule has 3 rings (SSSR count). The van der Waals surface area contributed by atoms with E-state index in [9.17, 15) is 18.4 Å². The molecule has 1 aliphatic heterocycles. The maximum absolute atomic E-state index is 14.4. The van der Waals surface area contributed by atoms with Crippen LogP contribution in [0.5, 0.6) is 0 Å². The van der Waals surface area contributed by atoms with Crippen LogP contribution in [0.25, 0.3) is 11.1 Å². The van der Waals surface area contributed by atoms with E-state index in [1.807, 2.05) is 0 Å². The van der Waals surface area contributed by atoms with Gasteiger partial charge < -0.3 is 10.6 Å². The van der Waals surface area contributed by atoms with Crippen molar-refractivity contribution >= 4 is 11.8 Å². The van der Waals surface area contributed by atoms with Gasteiger partial charge in [0.05, 0.1) is 5.56 Å². The van der Waals surface area contributed by atoms with Crippen LogP contribution in [-0.2, 0) is 4.79 Å². The number of hydrogen-bond donors (Lipinski definition) is 1. The summed E-state index contributed by atoms with van der Waals surface area (Å²) in [5.41, 5.74) is 6.51. The number of likely N-dealkylation sites (tertiary alicyclic amines) is 1. The lowest BCUT2D eigenvalue weighted by Gasteiger charge is -2.30. The molecule has 0 radical (unpaired) electrons. The molecular formula is C19H18F2N2O2. The highest BCUT2D eigenvalue weighted by Gasteiger charge is 2.27.